The van der Waals surface area contributed by atoms with E-state index >= 15 is 0 Å². The molecule has 176 valence electrons. The molecular formula is C24H27N7O3. The van der Waals surface area contributed by atoms with Gasteiger partial charge in [0.1, 0.15) is 11.4 Å². The van der Waals surface area contributed by atoms with E-state index in [9.17, 15) is 9.59 Å². The molecule has 5 rings (SSSR count). The number of amides is 2. The molecule has 10 heteroatoms. The minimum absolute atomic E-state index is 0.103. The molecule has 0 atom stereocenters. The number of fused-ring (bicyclic) bond motifs is 2. The van der Waals surface area contributed by atoms with Gasteiger partial charge in [-0.25, -0.2) is 9.50 Å². The lowest BCUT2D eigenvalue weighted by Crippen LogP contribution is -2.37. The van der Waals surface area contributed by atoms with Gasteiger partial charge in [-0.15, -0.1) is 0 Å². The van der Waals surface area contributed by atoms with Gasteiger partial charge in [0.25, 0.3) is 5.91 Å². The molecular weight excluding hydrogens is 434 g/mol. The smallest absolute Gasteiger partial charge is 0.259 e. The molecule has 1 aliphatic rings. The Kier molecular flexibility index (Phi) is 5.87. The van der Waals surface area contributed by atoms with Gasteiger partial charge in [-0.05, 0) is 37.8 Å². The number of ether oxygens (including phenoxy) is 1. The Morgan fingerprint density at radius 3 is 2.79 bits per heavy atom. The Hall–Kier alpha value is -3.95. The van der Waals surface area contributed by atoms with Crippen LogP contribution in [0.1, 0.15) is 55.4 Å². The monoisotopic (exact) mass is 461 g/mol. The van der Waals surface area contributed by atoms with Crippen LogP contribution in [0.4, 0.5) is 5.69 Å². The molecule has 1 saturated carbocycles. The Morgan fingerprint density at radius 1 is 1.21 bits per heavy atom. The molecule has 0 bridgehead atoms. The third-order valence-corrected chi connectivity index (χ3v) is 6.37. The van der Waals surface area contributed by atoms with Gasteiger partial charge in [-0.1, -0.05) is 6.92 Å². The lowest BCUT2D eigenvalue weighted by molar-refractivity contribution is -0.121. The Balaban J connectivity index is 1.36. The van der Waals surface area contributed by atoms with Crippen molar-refractivity contribution in [3.63, 3.8) is 0 Å². The van der Waals surface area contributed by atoms with Gasteiger partial charge in [0.2, 0.25) is 5.91 Å². The predicted molar refractivity (Wildman–Crippen MR) is 127 cm³/mol. The first-order valence-corrected chi connectivity index (χ1v) is 11.5. The maximum atomic E-state index is 13.1. The first kappa shape index (κ1) is 21.9. The van der Waals surface area contributed by atoms with Crippen molar-refractivity contribution in [2.75, 3.05) is 12.4 Å². The highest BCUT2D eigenvalue weighted by atomic mass is 16.5. The summed E-state index contributed by atoms with van der Waals surface area (Å²) < 4.78 is 9.10. The SMILES string of the molecule is CCC(=O)NC1CCC(n2cc3cc(C(=O)Nc4cnn5cccnc45)c(OC)cc3n2)CC1. The van der Waals surface area contributed by atoms with Crippen LogP contribution >= 0.6 is 0 Å². The number of rotatable bonds is 6. The number of aromatic nitrogens is 5. The molecule has 0 spiro atoms. The van der Waals surface area contributed by atoms with Crippen molar-refractivity contribution in [3.05, 3.63) is 48.5 Å². The highest BCUT2D eigenvalue weighted by molar-refractivity contribution is 6.09. The van der Waals surface area contributed by atoms with Crippen molar-refractivity contribution in [3.8, 4) is 5.75 Å². The van der Waals surface area contributed by atoms with Gasteiger partial charge in [0.15, 0.2) is 5.65 Å². The van der Waals surface area contributed by atoms with Gasteiger partial charge in [0, 0.05) is 42.5 Å². The minimum atomic E-state index is -0.306. The van der Waals surface area contributed by atoms with Gasteiger partial charge in [-0.2, -0.15) is 10.2 Å². The van der Waals surface area contributed by atoms with Gasteiger partial charge < -0.3 is 15.4 Å². The number of carbonyl (C=O) groups excluding carboxylic acids is 2. The van der Waals surface area contributed by atoms with E-state index in [0.29, 0.717) is 29.1 Å². The summed E-state index contributed by atoms with van der Waals surface area (Å²) in [5.74, 6) is 0.246. The lowest BCUT2D eigenvalue weighted by atomic mass is 9.91. The van der Waals surface area contributed by atoms with Crippen LogP contribution in [0.2, 0.25) is 0 Å². The molecule has 1 aliphatic carbocycles. The van der Waals surface area contributed by atoms with Crippen LogP contribution in [0, 0.1) is 0 Å². The van der Waals surface area contributed by atoms with Crippen LogP contribution in [-0.4, -0.2) is 49.3 Å². The third-order valence-electron chi connectivity index (χ3n) is 6.37. The zero-order valence-corrected chi connectivity index (χ0v) is 19.2. The quantitative estimate of drug-likeness (QED) is 0.455. The number of hydrogen-bond donors (Lipinski definition) is 2. The number of nitrogens with one attached hydrogen (secondary N) is 2. The van der Waals surface area contributed by atoms with Gasteiger partial charge >= 0.3 is 0 Å². The summed E-state index contributed by atoms with van der Waals surface area (Å²) >= 11 is 0. The number of benzene rings is 1. The molecule has 2 N–H and O–H groups in total. The second kappa shape index (κ2) is 9.12. The number of methoxy groups -OCH3 is 1. The second-order valence-corrected chi connectivity index (χ2v) is 8.55. The maximum absolute atomic E-state index is 13.1. The highest BCUT2D eigenvalue weighted by Gasteiger charge is 2.25. The van der Waals surface area contributed by atoms with E-state index in [1.54, 1.807) is 41.3 Å². The van der Waals surface area contributed by atoms with E-state index in [-0.39, 0.29) is 23.9 Å². The van der Waals surface area contributed by atoms with E-state index in [1.165, 1.54) is 7.11 Å². The fourth-order valence-corrected chi connectivity index (χ4v) is 4.52. The molecule has 3 heterocycles. The number of nitrogens with zero attached hydrogens (tertiary/aromatic N) is 5. The Bertz CT molecular complexity index is 1350. The van der Waals surface area contributed by atoms with Crippen molar-refractivity contribution in [1.29, 1.82) is 0 Å². The summed E-state index contributed by atoms with van der Waals surface area (Å²) in [5, 5.41) is 15.8. The Labute approximate surface area is 196 Å². The average molecular weight is 462 g/mol. The predicted octanol–water partition coefficient (Wildman–Crippen LogP) is 3.35. The zero-order valence-electron chi connectivity index (χ0n) is 19.2. The van der Waals surface area contributed by atoms with Crippen LogP contribution in [-0.2, 0) is 4.79 Å². The minimum Gasteiger partial charge on any atom is -0.496 e. The molecule has 0 saturated heterocycles. The Morgan fingerprint density at radius 2 is 2.03 bits per heavy atom. The summed E-state index contributed by atoms with van der Waals surface area (Å²) in [6.45, 7) is 1.87. The summed E-state index contributed by atoms with van der Waals surface area (Å²) in [6, 6.07) is 5.86. The first-order chi connectivity index (χ1) is 16.6. The molecule has 1 aromatic carbocycles. The highest BCUT2D eigenvalue weighted by Crippen LogP contribution is 2.32. The van der Waals surface area contributed by atoms with Crippen LogP contribution < -0.4 is 15.4 Å². The van der Waals surface area contributed by atoms with Gasteiger partial charge in [-0.3, -0.25) is 14.3 Å². The maximum Gasteiger partial charge on any atom is 0.259 e. The van der Waals surface area contributed by atoms with Crippen molar-refractivity contribution in [2.24, 2.45) is 0 Å². The molecule has 1 fully saturated rings. The standard InChI is InChI=1S/C24H27N7O3/c1-3-22(32)27-16-5-7-17(8-6-16)31-14-15-11-18(21(34-2)12-19(15)29-31)24(33)28-20-13-26-30-10-4-9-25-23(20)30/h4,9-14,16-17H,3,5-8H2,1-2H3,(H,27,32)(H,28,33). The normalized spacial score (nSPS) is 18.2. The van der Waals surface area contributed by atoms with Crippen LogP contribution in [0.5, 0.6) is 5.75 Å². The third kappa shape index (κ3) is 4.18. The second-order valence-electron chi connectivity index (χ2n) is 8.55. The zero-order chi connectivity index (χ0) is 23.7. The van der Waals surface area contributed by atoms with Crippen LogP contribution in [0.3, 0.4) is 0 Å². The van der Waals surface area contributed by atoms with Crippen molar-refractivity contribution >= 4 is 34.1 Å². The van der Waals surface area contributed by atoms with E-state index in [0.717, 1.165) is 36.6 Å². The molecule has 2 amide bonds. The van der Waals surface area contributed by atoms with Crippen LogP contribution in [0.15, 0.2) is 43.0 Å². The number of carbonyl (C=O) groups is 2. The van der Waals surface area contributed by atoms with E-state index < -0.39 is 0 Å². The largest absolute Gasteiger partial charge is 0.496 e. The first-order valence-electron chi connectivity index (χ1n) is 11.5. The van der Waals surface area contributed by atoms with Gasteiger partial charge in [0.05, 0.1) is 30.4 Å². The molecule has 4 aromatic rings. The summed E-state index contributed by atoms with van der Waals surface area (Å²) in [7, 11) is 1.54. The van der Waals surface area contributed by atoms with E-state index in [4.69, 9.17) is 9.84 Å². The fraction of sp³-hybridized carbons (Fsp3) is 0.375. The topological polar surface area (TPSA) is 115 Å². The molecule has 10 nitrogen and oxygen atoms in total. The molecule has 0 radical (unpaired) electrons. The van der Waals surface area contributed by atoms with Crippen molar-refractivity contribution in [1.82, 2.24) is 29.7 Å². The van der Waals surface area contributed by atoms with Crippen molar-refractivity contribution < 1.29 is 14.3 Å². The lowest BCUT2D eigenvalue weighted by Gasteiger charge is -2.29. The van der Waals surface area contributed by atoms with Crippen LogP contribution in [0.25, 0.3) is 16.6 Å². The molecule has 0 unspecified atom stereocenters. The average Bonchev–Trinajstić information content (AvgIpc) is 3.47. The molecule has 34 heavy (non-hydrogen) atoms. The summed E-state index contributed by atoms with van der Waals surface area (Å²) in [5.41, 5.74) is 2.27. The number of hydrogen-bond acceptors (Lipinski definition) is 6. The molecule has 3 aromatic heterocycles. The molecule has 0 aliphatic heterocycles. The van der Waals surface area contributed by atoms with Crippen molar-refractivity contribution in [2.45, 2.75) is 51.1 Å². The number of anilines is 1. The van der Waals surface area contributed by atoms with E-state index in [2.05, 4.69) is 20.7 Å². The summed E-state index contributed by atoms with van der Waals surface area (Å²) in [4.78, 5) is 29.1. The summed E-state index contributed by atoms with van der Waals surface area (Å²) in [6.07, 6.45) is 11.2. The van der Waals surface area contributed by atoms with E-state index in [1.807, 2.05) is 17.8 Å². The fourth-order valence-electron chi connectivity index (χ4n) is 4.52.